The highest BCUT2D eigenvalue weighted by Gasteiger charge is 2.29. The normalized spacial score (nSPS) is 25.5. The summed E-state index contributed by atoms with van der Waals surface area (Å²) in [6, 6.07) is 7.72. The molecule has 3 heterocycles. The van der Waals surface area contributed by atoms with Gasteiger partial charge in [0.25, 0.3) is 0 Å². The Labute approximate surface area is 186 Å². The molecular formula is C25H37N3O3. The fourth-order valence-corrected chi connectivity index (χ4v) is 5.47. The Morgan fingerprint density at radius 3 is 2.52 bits per heavy atom. The maximum absolute atomic E-state index is 12.8. The fraction of sp³-hybridized carbons (Fsp3) is 0.720. The van der Waals surface area contributed by atoms with Gasteiger partial charge in [-0.15, -0.1) is 0 Å². The summed E-state index contributed by atoms with van der Waals surface area (Å²) in [4.78, 5) is 19.5. The highest BCUT2D eigenvalue weighted by Crippen LogP contribution is 2.29. The van der Waals surface area contributed by atoms with Gasteiger partial charge in [-0.3, -0.25) is 4.90 Å². The maximum atomic E-state index is 12.8. The summed E-state index contributed by atoms with van der Waals surface area (Å²) in [7, 11) is 0. The van der Waals surface area contributed by atoms with Gasteiger partial charge in [-0.05, 0) is 61.8 Å². The highest BCUT2D eigenvalue weighted by atomic mass is 16.5. The molecule has 1 aromatic rings. The van der Waals surface area contributed by atoms with Crippen molar-refractivity contribution in [3.05, 3.63) is 29.3 Å². The lowest BCUT2D eigenvalue weighted by atomic mass is 9.91. The largest absolute Gasteiger partial charge is 0.493 e. The topological polar surface area (TPSA) is 45.3 Å². The second-order valence-corrected chi connectivity index (χ2v) is 9.70. The SMILES string of the molecule is O=C(N1CCOCC1)N1CCC[C@H](COc2ccc3c(c2)CCN(C2CCC2)CC3)C1. The Hall–Kier alpha value is -1.79. The summed E-state index contributed by atoms with van der Waals surface area (Å²) < 4.78 is 11.6. The predicted octanol–water partition coefficient (Wildman–Crippen LogP) is 3.18. The van der Waals surface area contributed by atoms with Crippen molar-refractivity contribution in [2.75, 3.05) is 59.1 Å². The van der Waals surface area contributed by atoms with Gasteiger partial charge in [0.1, 0.15) is 5.75 Å². The molecule has 31 heavy (non-hydrogen) atoms. The molecular weight excluding hydrogens is 390 g/mol. The van der Waals surface area contributed by atoms with E-state index in [1.807, 2.05) is 9.80 Å². The van der Waals surface area contributed by atoms with E-state index in [-0.39, 0.29) is 6.03 Å². The number of morpholine rings is 1. The monoisotopic (exact) mass is 427 g/mol. The quantitative estimate of drug-likeness (QED) is 0.740. The van der Waals surface area contributed by atoms with Crippen LogP contribution in [0.4, 0.5) is 4.79 Å². The van der Waals surface area contributed by atoms with Gasteiger partial charge >= 0.3 is 6.03 Å². The van der Waals surface area contributed by atoms with E-state index in [9.17, 15) is 4.79 Å². The van der Waals surface area contributed by atoms with E-state index in [0.717, 1.165) is 50.6 Å². The number of piperidine rings is 1. The average molecular weight is 428 g/mol. The van der Waals surface area contributed by atoms with Crippen LogP contribution in [0.25, 0.3) is 0 Å². The molecule has 1 aliphatic carbocycles. The number of nitrogens with zero attached hydrogens (tertiary/aromatic N) is 3. The first-order valence-electron chi connectivity index (χ1n) is 12.4. The van der Waals surface area contributed by atoms with E-state index in [1.54, 1.807) is 0 Å². The predicted molar refractivity (Wildman–Crippen MR) is 121 cm³/mol. The molecule has 170 valence electrons. The van der Waals surface area contributed by atoms with Gasteiger partial charge in [-0.1, -0.05) is 12.5 Å². The molecule has 3 aliphatic heterocycles. The van der Waals surface area contributed by atoms with Gasteiger partial charge in [0.05, 0.1) is 19.8 Å². The van der Waals surface area contributed by atoms with Crippen LogP contribution in [0.1, 0.15) is 43.2 Å². The third kappa shape index (κ3) is 5.01. The molecule has 4 aliphatic rings. The molecule has 1 saturated carbocycles. The highest BCUT2D eigenvalue weighted by molar-refractivity contribution is 5.74. The minimum atomic E-state index is 0.175. The average Bonchev–Trinajstić information content (AvgIpc) is 2.99. The van der Waals surface area contributed by atoms with Crippen molar-refractivity contribution >= 4 is 6.03 Å². The molecule has 0 N–H and O–H groups in total. The standard InChI is InChI=1S/C25H37N3O3/c29-25(27-13-15-30-16-14-27)28-10-2-3-20(18-28)19-31-24-7-6-21-8-11-26(23-4-1-5-23)12-9-22(21)17-24/h6-7,17,20,23H,1-5,8-16,18-19H2/t20-/m0/s1. The Morgan fingerprint density at radius 1 is 0.935 bits per heavy atom. The van der Waals surface area contributed by atoms with E-state index >= 15 is 0 Å². The van der Waals surface area contributed by atoms with Crippen LogP contribution in [0.15, 0.2) is 18.2 Å². The van der Waals surface area contributed by atoms with Crippen molar-refractivity contribution in [1.29, 1.82) is 0 Å². The zero-order valence-electron chi connectivity index (χ0n) is 18.8. The summed E-state index contributed by atoms with van der Waals surface area (Å²) in [5.74, 6) is 1.40. The van der Waals surface area contributed by atoms with Gasteiger partial charge in [0.15, 0.2) is 0 Å². The number of carbonyl (C=O) groups is 1. The molecule has 6 heteroatoms. The molecule has 0 unspecified atom stereocenters. The molecule has 3 fully saturated rings. The Kier molecular flexibility index (Phi) is 6.65. The maximum Gasteiger partial charge on any atom is 0.320 e. The number of ether oxygens (including phenoxy) is 2. The molecule has 1 atom stereocenters. The minimum Gasteiger partial charge on any atom is -0.493 e. The van der Waals surface area contributed by atoms with Crippen LogP contribution in [0.2, 0.25) is 0 Å². The molecule has 6 nitrogen and oxygen atoms in total. The van der Waals surface area contributed by atoms with Crippen LogP contribution < -0.4 is 4.74 Å². The number of hydrogen-bond donors (Lipinski definition) is 0. The molecule has 1 aromatic carbocycles. The minimum absolute atomic E-state index is 0.175. The molecule has 0 radical (unpaired) electrons. The number of amides is 2. The smallest absolute Gasteiger partial charge is 0.320 e. The zero-order chi connectivity index (χ0) is 21.0. The van der Waals surface area contributed by atoms with Crippen molar-refractivity contribution in [2.24, 2.45) is 5.92 Å². The molecule has 0 aromatic heterocycles. The summed E-state index contributed by atoms with van der Waals surface area (Å²) in [5.41, 5.74) is 2.96. The lowest BCUT2D eigenvalue weighted by Crippen LogP contribution is -2.51. The van der Waals surface area contributed by atoms with Crippen molar-refractivity contribution < 1.29 is 14.3 Å². The van der Waals surface area contributed by atoms with Crippen molar-refractivity contribution in [2.45, 2.75) is 51.0 Å². The Morgan fingerprint density at radius 2 is 1.74 bits per heavy atom. The number of fused-ring (bicyclic) bond motifs is 1. The number of urea groups is 1. The third-order valence-corrected chi connectivity index (χ3v) is 7.66. The molecule has 2 saturated heterocycles. The number of carbonyl (C=O) groups excluding carboxylic acids is 1. The molecule has 2 amide bonds. The number of likely N-dealkylation sites (tertiary alicyclic amines) is 1. The summed E-state index contributed by atoms with van der Waals surface area (Å²) in [5, 5.41) is 0. The van der Waals surface area contributed by atoms with Crippen LogP contribution in [-0.4, -0.2) is 85.9 Å². The Balaban J connectivity index is 1.13. The van der Waals surface area contributed by atoms with Crippen LogP contribution >= 0.6 is 0 Å². The number of hydrogen-bond acceptors (Lipinski definition) is 4. The Bertz CT molecular complexity index is 760. The van der Waals surface area contributed by atoms with Crippen LogP contribution in [0, 0.1) is 5.92 Å². The summed E-state index contributed by atoms with van der Waals surface area (Å²) in [6.07, 6.45) is 8.66. The van der Waals surface area contributed by atoms with Crippen LogP contribution in [-0.2, 0) is 17.6 Å². The van der Waals surface area contributed by atoms with E-state index in [4.69, 9.17) is 9.47 Å². The number of benzene rings is 1. The zero-order valence-corrected chi connectivity index (χ0v) is 18.8. The van der Waals surface area contributed by atoms with E-state index in [0.29, 0.717) is 38.8 Å². The summed E-state index contributed by atoms with van der Waals surface area (Å²) >= 11 is 0. The van der Waals surface area contributed by atoms with Crippen molar-refractivity contribution in [3.63, 3.8) is 0 Å². The van der Waals surface area contributed by atoms with E-state index < -0.39 is 0 Å². The van der Waals surface area contributed by atoms with E-state index in [1.165, 1.54) is 43.5 Å². The summed E-state index contributed by atoms with van der Waals surface area (Å²) in [6.45, 7) is 7.48. The van der Waals surface area contributed by atoms with Crippen molar-refractivity contribution in [1.82, 2.24) is 14.7 Å². The van der Waals surface area contributed by atoms with E-state index in [2.05, 4.69) is 23.1 Å². The lowest BCUT2D eigenvalue weighted by Gasteiger charge is -2.37. The molecule has 5 rings (SSSR count). The molecule has 0 bridgehead atoms. The van der Waals surface area contributed by atoms with Gasteiger partial charge in [-0.25, -0.2) is 4.79 Å². The number of rotatable bonds is 4. The first kappa shape index (κ1) is 21.1. The first-order valence-corrected chi connectivity index (χ1v) is 12.4. The third-order valence-electron chi connectivity index (χ3n) is 7.66. The molecule has 0 spiro atoms. The van der Waals surface area contributed by atoms with Gasteiger partial charge in [0.2, 0.25) is 0 Å². The van der Waals surface area contributed by atoms with Crippen molar-refractivity contribution in [3.8, 4) is 5.75 Å². The van der Waals surface area contributed by atoms with Gasteiger partial charge in [-0.2, -0.15) is 0 Å². The van der Waals surface area contributed by atoms with Crippen LogP contribution in [0.3, 0.4) is 0 Å². The van der Waals surface area contributed by atoms with Crippen LogP contribution in [0.5, 0.6) is 5.75 Å². The fourth-order valence-electron chi connectivity index (χ4n) is 5.47. The lowest BCUT2D eigenvalue weighted by molar-refractivity contribution is 0.0374. The first-order chi connectivity index (χ1) is 15.3. The van der Waals surface area contributed by atoms with Gasteiger partial charge < -0.3 is 19.3 Å². The van der Waals surface area contributed by atoms with Gasteiger partial charge in [0, 0.05) is 51.2 Å². The second kappa shape index (κ2) is 9.78. The second-order valence-electron chi connectivity index (χ2n) is 9.70.